The van der Waals surface area contributed by atoms with Crippen LogP contribution in [0.4, 0.5) is 0 Å². The minimum absolute atomic E-state index is 0.175. The number of hydrogen-bond acceptors (Lipinski definition) is 1. The van der Waals surface area contributed by atoms with Crippen molar-refractivity contribution < 1.29 is 5.11 Å². The fourth-order valence-electron chi connectivity index (χ4n) is 2.00. The van der Waals surface area contributed by atoms with Gasteiger partial charge in [0.1, 0.15) is 0 Å². The molecular weight excluding hydrogens is 210 g/mol. The van der Waals surface area contributed by atoms with Crippen molar-refractivity contribution in [1.82, 2.24) is 4.57 Å². The summed E-state index contributed by atoms with van der Waals surface area (Å²) in [7, 11) is 0. The smallest absolute Gasteiger partial charge is 0.0499 e. The van der Waals surface area contributed by atoms with Crippen LogP contribution >= 0.6 is 11.6 Å². The summed E-state index contributed by atoms with van der Waals surface area (Å²) in [5.41, 5.74) is 2.29. The summed E-state index contributed by atoms with van der Waals surface area (Å²) in [4.78, 5) is 0. The van der Waals surface area contributed by atoms with Gasteiger partial charge in [-0.15, -0.1) is 0 Å². The summed E-state index contributed by atoms with van der Waals surface area (Å²) >= 11 is 6.12. The third-order valence-electron chi connectivity index (χ3n) is 2.66. The highest BCUT2D eigenvalue weighted by atomic mass is 35.5. The Morgan fingerprint density at radius 2 is 2.20 bits per heavy atom. The number of rotatable bonds is 3. The number of fused-ring (bicyclic) bond motifs is 1. The third kappa shape index (κ3) is 1.75. The molecule has 0 radical (unpaired) electrons. The summed E-state index contributed by atoms with van der Waals surface area (Å²) in [6, 6.07) is 7.98. The Balaban J connectivity index is 2.67. The van der Waals surface area contributed by atoms with Crippen molar-refractivity contribution in [3.05, 3.63) is 35.0 Å². The maximum atomic E-state index is 8.99. The summed E-state index contributed by atoms with van der Waals surface area (Å²) in [6.07, 6.45) is 0.679. The monoisotopic (exact) mass is 223 g/mol. The third-order valence-corrected chi connectivity index (χ3v) is 2.99. The normalized spacial score (nSPS) is 11.1. The average Bonchev–Trinajstić information content (AvgIpc) is 2.58. The number of nitrogens with zero attached hydrogens (tertiary/aromatic N) is 1. The first-order valence-corrected chi connectivity index (χ1v) is 5.53. The lowest BCUT2D eigenvalue weighted by molar-refractivity contribution is 0.296. The number of benzene rings is 1. The Morgan fingerprint density at radius 3 is 2.87 bits per heavy atom. The fourth-order valence-corrected chi connectivity index (χ4v) is 2.22. The fraction of sp³-hybridized carbons (Fsp3) is 0.333. The number of aryl methyl sites for hydroxylation is 1. The molecule has 1 aromatic carbocycles. The van der Waals surface area contributed by atoms with Crippen LogP contribution in [0.1, 0.15) is 12.6 Å². The van der Waals surface area contributed by atoms with Crippen LogP contribution in [0.15, 0.2) is 24.3 Å². The van der Waals surface area contributed by atoms with Crippen molar-refractivity contribution in [2.75, 3.05) is 6.61 Å². The van der Waals surface area contributed by atoms with Gasteiger partial charge in [0.25, 0.3) is 0 Å². The first kappa shape index (κ1) is 10.5. The first-order valence-electron chi connectivity index (χ1n) is 5.15. The van der Waals surface area contributed by atoms with E-state index in [2.05, 4.69) is 23.6 Å². The number of aliphatic hydroxyl groups is 1. The molecule has 3 heteroatoms. The highest BCUT2D eigenvalue weighted by Gasteiger charge is 2.08. The molecule has 2 aromatic rings. The minimum atomic E-state index is 0.175. The Labute approximate surface area is 94.1 Å². The molecule has 1 N–H and O–H groups in total. The topological polar surface area (TPSA) is 25.2 Å². The molecule has 0 unspecified atom stereocenters. The van der Waals surface area contributed by atoms with Gasteiger partial charge in [-0.05, 0) is 25.1 Å². The molecule has 1 aromatic heterocycles. The van der Waals surface area contributed by atoms with Crippen molar-refractivity contribution in [2.45, 2.75) is 19.9 Å². The van der Waals surface area contributed by atoms with Crippen molar-refractivity contribution >= 4 is 22.5 Å². The van der Waals surface area contributed by atoms with Crippen LogP contribution in [-0.2, 0) is 13.0 Å². The lowest BCUT2D eigenvalue weighted by Gasteiger charge is -2.06. The van der Waals surface area contributed by atoms with Crippen LogP contribution in [0.5, 0.6) is 0 Å². The molecule has 0 saturated heterocycles. The number of halogens is 1. The van der Waals surface area contributed by atoms with Crippen LogP contribution in [0.2, 0.25) is 5.02 Å². The van der Waals surface area contributed by atoms with E-state index >= 15 is 0 Å². The molecular formula is C12H14ClNO. The molecule has 0 aliphatic heterocycles. The zero-order chi connectivity index (χ0) is 10.8. The number of hydrogen-bond donors (Lipinski definition) is 1. The van der Waals surface area contributed by atoms with Gasteiger partial charge >= 0.3 is 0 Å². The van der Waals surface area contributed by atoms with Gasteiger partial charge in [-0.1, -0.05) is 17.7 Å². The molecule has 0 spiro atoms. The first-order chi connectivity index (χ1) is 7.27. The van der Waals surface area contributed by atoms with Gasteiger partial charge in [0.15, 0.2) is 0 Å². The zero-order valence-electron chi connectivity index (χ0n) is 8.70. The van der Waals surface area contributed by atoms with Crippen LogP contribution in [-0.4, -0.2) is 16.3 Å². The van der Waals surface area contributed by atoms with Gasteiger partial charge < -0.3 is 9.67 Å². The second-order valence-corrected chi connectivity index (χ2v) is 3.93. The molecule has 0 atom stereocenters. The summed E-state index contributed by atoms with van der Waals surface area (Å²) < 4.78 is 2.19. The predicted octanol–water partition coefficient (Wildman–Crippen LogP) is 2.85. The summed E-state index contributed by atoms with van der Waals surface area (Å²) in [5.74, 6) is 0. The van der Waals surface area contributed by atoms with Crippen molar-refractivity contribution in [2.24, 2.45) is 0 Å². The second-order valence-electron chi connectivity index (χ2n) is 3.53. The van der Waals surface area contributed by atoms with Crippen LogP contribution < -0.4 is 0 Å². The van der Waals surface area contributed by atoms with Gasteiger partial charge in [-0.2, -0.15) is 0 Å². The van der Waals surface area contributed by atoms with Gasteiger partial charge in [0, 0.05) is 41.2 Å². The van der Waals surface area contributed by atoms with Gasteiger partial charge in [0.05, 0.1) is 0 Å². The Kier molecular flexibility index (Phi) is 2.98. The van der Waals surface area contributed by atoms with Gasteiger partial charge in [-0.3, -0.25) is 0 Å². The lowest BCUT2D eigenvalue weighted by atomic mass is 10.2. The van der Waals surface area contributed by atoms with E-state index in [4.69, 9.17) is 16.7 Å². The Morgan fingerprint density at radius 1 is 1.40 bits per heavy atom. The second kappa shape index (κ2) is 4.25. The van der Waals surface area contributed by atoms with E-state index in [1.807, 2.05) is 12.1 Å². The molecule has 1 heterocycles. The molecule has 80 valence electrons. The van der Waals surface area contributed by atoms with E-state index in [0.29, 0.717) is 6.42 Å². The molecule has 0 amide bonds. The summed E-state index contributed by atoms with van der Waals surface area (Å²) in [6.45, 7) is 3.17. The van der Waals surface area contributed by atoms with Crippen molar-refractivity contribution in [3.63, 3.8) is 0 Å². The van der Waals surface area contributed by atoms with E-state index in [-0.39, 0.29) is 6.61 Å². The minimum Gasteiger partial charge on any atom is -0.396 e. The number of aromatic nitrogens is 1. The standard InChI is InChI=1S/C12H14ClNO/c1-2-14-9(6-7-15)8-10-11(13)4-3-5-12(10)14/h3-5,8,15H,2,6-7H2,1H3. The summed E-state index contributed by atoms with van der Waals surface area (Å²) in [5, 5.41) is 10.8. The van der Waals surface area contributed by atoms with Crippen LogP contribution in [0.3, 0.4) is 0 Å². The molecule has 0 aliphatic carbocycles. The van der Waals surface area contributed by atoms with Gasteiger partial charge in [-0.25, -0.2) is 0 Å². The van der Waals surface area contributed by atoms with E-state index in [1.165, 1.54) is 0 Å². The number of aliphatic hydroxyl groups excluding tert-OH is 1. The van der Waals surface area contributed by atoms with E-state index in [1.54, 1.807) is 0 Å². The Bertz CT molecular complexity index is 476. The van der Waals surface area contributed by atoms with Crippen molar-refractivity contribution in [1.29, 1.82) is 0 Å². The maximum Gasteiger partial charge on any atom is 0.0499 e. The van der Waals surface area contributed by atoms with Crippen LogP contribution in [0.25, 0.3) is 10.9 Å². The van der Waals surface area contributed by atoms with Crippen molar-refractivity contribution in [3.8, 4) is 0 Å². The molecule has 2 rings (SSSR count). The molecule has 2 nitrogen and oxygen atoms in total. The van der Waals surface area contributed by atoms with E-state index in [0.717, 1.165) is 28.2 Å². The van der Waals surface area contributed by atoms with E-state index in [9.17, 15) is 0 Å². The lowest BCUT2D eigenvalue weighted by Crippen LogP contribution is -2.02. The highest BCUT2D eigenvalue weighted by molar-refractivity contribution is 6.35. The zero-order valence-corrected chi connectivity index (χ0v) is 9.46. The molecule has 0 fully saturated rings. The molecule has 0 aliphatic rings. The maximum absolute atomic E-state index is 8.99. The van der Waals surface area contributed by atoms with Crippen LogP contribution in [0, 0.1) is 0 Å². The molecule has 15 heavy (non-hydrogen) atoms. The van der Waals surface area contributed by atoms with Gasteiger partial charge in [0.2, 0.25) is 0 Å². The average molecular weight is 224 g/mol. The quantitative estimate of drug-likeness (QED) is 0.851. The predicted molar refractivity (Wildman–Crippen MR) is 63.4 cm³/mol. The van der Waals surface area contributed by atoms with E-state index < -0.39 is 0 Å². The largest absolute Gasteiger partial charge is 0.396 e. The molecule has 0 saturated carbocycles. The molecule has 0 bridgehead atoms. The highest BCUT2D eigenvalue weighted by Crippen LogP contribution is 2.27. The Hall–Kier alpha value is -0.990. The SMILES string of the molecule is CCn1c(CCO)cc2c(Cl)cccc21.